The molecule has 0 aliphatic rings. The van der Waals surface area contributed by atoms with E-state index in [-0.39, 0.29) is 5.75 Å². The Labute approximate surface area is 119 Å². The third-order valence-electron chi connectivity index (χ3n) is 3.12. The van der Waals surface area contributed by atoms with Gasteiger partial charge in [-0.25, -0.2) is 0 Å². The number of phenols is 1. The molecular formula is C16H19NO3. The summed E-state index contributed by atoms with van der Waals surface area (Å²) in [6, 6.07) is 11.0. The van der Waals surface area contributed by atoms with Gasteiger partial charge in [0.05, 0.1) is 14.2 Å². The molecule has 0 saturated heterocycles. The molecule has 0 heterocycles. The van der Waals surface area contributed by atoms with Crippen molar-refractivity contribution < 1.29 is 14.6 Å². The molecule has 2 aromatic rings. The number of rotatable bonds is 5. The van der Waals surface area contributed by atoms with Gasteiger partial charge in [0.1, 0.15) is 5.75 Å². The minimum atomic E-state index is 0.272. The van der Waals surface area contributed by atoms with Crippen molar-refractivity contribution in [2.45, 2.75) is 13.5 Å². The Morgan fingerprint density at radius 2 is 1.75 bits per heavy atom. The highest BCUT2D eigenvalue weighted by molar-refractivity contribution is 5.60. The maximum absolute atomic E-state index is 9.45. The van der Waals surface area contributed by atoms with Crippen LogP contribution >= 0.6 is 0 Å². The van der Waals surface area contributed by atoms with E-state index >= 15 is 0 Å². The molecule has 0 spiro atoms. The number of aryl methyl sites for hydroxylation is 1. The van der Waals surface area contributed by atoms with Crippen LogP contribution in [0.5, 0.6) is 17.2 Å². The molecule has 0 unspecified atom stereocenters. The lowest BCUT2D eigenvalue weighted by Gasteiger charge is -2.14. The van der Waals surface area contributed by atoms with E-state index in [1.165, 1.54) is 0 Å². The molecule has 2 rings (SSSR count). The number of hydrogen-bond acceptors (Lipinski definition) is 4. The maximum atomic E-state index is 9.45. The number of aromatic hydroxyl groups is 1. The van der Waals surface area contributed by atoms with Gasteiger partial charge in [0.15, 0.2) is 11.5 Å². The molecule has 0 aliphatic carbocycles. The quantitative estimate of drug-likeness (QED) is 0.877. The summed E-state index contributed by atoms with van der Waals surface area (Å²) in [5, 5.41) is 12.8. The van der Waals surface area contributed by atoms with Crippen molar-refractivity contribution >= 4 is 5.69 Å². The van der Waals surface area contributed by atoms with E-state index in [4.69, 9.17) is 9.47 Å². The first kappa shape index (κ1) is 14.1. The van der Waals surface area contributed by atoms with E-state index in [1.807, 2.05) is 31.2 Å². The lowest BCUT2D eigenvalue weighted by molar-refractivity contribution is 0.355. The molecule has 2 aromatic carbocycles. The van der Waals surface area contributed by atoms with Crippen molar-refractivity contribution in [3.05, 3.63) is 47.5 Å². The maximum Gasteiger partial charge on any atom is 0.162 e. The van der Waals surface area contributed by atoms with E-state index in [9.17, 15) is 5.11 Å². The van der Waals surface area contributed by atoms with Gasteiger partial charge in [-0.2, -0.15) is 0 Å². The Morgan fingerprint density at radius 3 is 2.40 bits per heavy atom. The number of benzene rings is 2. The Kier molecular flexibility index (Phi) is 4.35. The van der Waals surface area contributed by atoms with Crippen LogP contribution in [-0.4, -0.2) is 19.3 Å². The van der Waals surface area contributed by atoms with Gasteiger partial charge >= 0.3 is 0 Å². The smallest absolute Gasteiger partial charge is 0.162 e. The lowest BCUT2D eigenvalue weighted by atomic mass is 10.1. The number of ether oxygens (including phenoxy) is 2. The van der Waals surface area contributed by atoms with Crippen LogP contribution in [0.1, 0.15) is 11.1 Å². The molecule has 20 heavy (non-hydrogen) atoms. The molecule has 0 atom stereocenters. The summed E-state index contributed by atoms with van der Waals surface area (Å²) in [5.74, 6) is 1.68. The first-order valence-corrected chi connectivity index (χ1v) is 6.38. The zero-order valence-electron chi connectivity index (χ0n) is 11.9. The number of nitrogens with one attached hydrogen (secondary N) is 1. The molecule has 0 aromatic heterocycles. The fourth-order valence-corrected chi connectivity index (χ4v) is 2.03. The summed E-state index contributed by atoms with van der Waals surface area (Å²) in [5.41, 5.74) is 3.06. The monoisotopic (exact) mass is 273 g/mol. The number of phenolic OH excluding ortho intramolecular Hbond substituents is 1. The normalized spacial score (nSPS) is 10.2. The highest BCUT2D eigenvalue weighted by Gasteiger charge is 2.08. The van der Waals surface area contributed by atoms with Crippen LogP contribution in [0.4, 0.5) is 5.69 Å². The van der Waals surface area contributed by atoms with E-state index in [1.54, 1.807) is 26.4 Å². The fourth-order valence-electron chi connectivity index (χ4n) is 2.03. The molecule has 0 aliphatic heterocycles. The van der Waals surface area contributed by atoms with Gasteiger partial charge < -0.3 is 19.9 Å². The van der Waals surface area contributed by atoms with E-state index in [0.717, 1.165) is 16.8 Å². The SMILES string of the molecule is COc1cc(C)c(NCc2cccc(O)c2)cc1OC. The van der Waals surface area contributed by atoms with Crippen LogP contribution in [0.25, 0.3) is 0 Å². The van der Waals surface area contributed by atoms with Crippen molar-refractivity contribution in [2.75, 3.05) is 19.5 Å². The standard InChI is InChI=1S/C16H19NO3/c1-11-7-15(19-2)16(20-3)9-14(11)17-10-12-5-4-6-13(18)8-12/h4-9,17-18H,10H2,1-3H3. The average molecular weight is 273 g/mol. The van der Waals surface area contributed by atoms with Crippen molar-refractivity contribution in [1.29, 1.82) is 0 Å². The summed E-state index contributed by atoms with van der Waals surface area (Å²) in [6.45, 7) is 2.64. The zero-order valence-corrected chi connectivity index (χ0v) is 11.9. The van der Waals surface area contributed by atoms with Gasteiger partial charge in [0.25, 0.3) is 0 Å². The van der Waals surface area contributed by atoms with Crippen molar-refractivity contribution in [2.24, 2.45) is 0 Å². The molecule has 0 amide bonds. The van der Waals surface area contributed by atoms with Crippen molar-refractivity contribution in [3.8, 4) is 17.2 Å². The highest BCUT2D eigenvalue weighted by atomic mass is 16.5. The van der Waals surface area contributed by atoms with Gasteiger partial charge in [-0.05, 0) is 36.2 Å². The Hall–Kier alpha value is -2.36. The van der Waals surface area contributed by atoms with E-state index in [0.29, 0.717) is 18.0 Å². The summed E-state index contributed by atoms with van der Waals surface area (Å²) >= 11 is 0. The van der Waals surface area contributed by atoms with E-state index < -0.39 is 0 Å². The molecule has 106 valence electrons. The molecule has 2 N–H and O–H groups in total. The zero-order chi connectivity index (χ0) is 14.5. The van der Waals surface area contributed by atoms with Gasteiger partial charge in [-0.1, -0.05) is 12.1 Å². The van der Waals surface area contributed by atoms with Gasteiger partial charge in [-0.15, -0.1) is 0 Å². The molecular weight excluding hydrogens is 254 g/mol. The molecule has 0 radical (unpaired) electrons. The van der Waals surface area contributed by atoms with Crippen LogP contribution in [0.2, 0.25) is 0 Å². The van der Waals surface area contributed by atoms with Crippen molar-refractivity contribution in [1.82, 2.24) is 0 Å². The first-order valence-electron chi connectivity index (χ1n) is 6.38. The predicted octanol–water partition coefficient (Wildman–Crippen LogP) is 3.33. The largest absolute Gasteiger partial charge is 0.508 e. The third-order valence-corrected chi connectivity index (χ3v) is 3.12. The average Bonchev–Trinajstić information content (AvgIpc) is 2.45. The summed E-state index contributed by atoms with van der Waals surface area (Å²) in [7, 11) is 3.24. The van der Waals surface area contributed by atoms with E-state index in [2.05, 4.69) is 5.32 Å². The van der Waals surface area contributed by atoms with Crippen LogP contribution in [0, 0.1) is 6.92 Å². The minimum Gasteiger partial charge on any atom is -0.508 e. The second-order valence-corrected chi connectivity index (χ2v) is 4.55. The third kappa shape index (κ3) is 3.15. The van der Waals surface area contributed by atoms with Crippen molar-refractivity contribution in [3.63, 3.8) is 0 Å². The molecule has 4 nitrogen and oxygen atoms in total. The van der Waals surface area contributed by atoms with Crippen LogP contribution in [-0.2, 0) is 6.54 Å². The number of anilines is 1. The summed E-state index contributed by atoms with van der Waals surface area (Å²) in [4.78, 5) is 0. The lowest BCUT2D eigenvalue weighted by Crippen LogP contribution is -2.02. The van der Waals surface area contributed by atoms with Gasteiger partial charge in [0, 0.05) is 18.3 Å². The van der Waals surface area contributed by atoms with Gasteiger partial charge in [0.2, 0.25) is 0 Å². The first-order chi connectivity index (χ1) is 9.63. The minimum absolute atomic E-state index is 0.272. The van der Waals surface area contributed by atoms with Gasteiger partial charge in [-0.3, -0.25) is 0 Å². The van der Waals surface area contributed by atoms with Crippen LogP contribution in [0.15, 0.2) is 36.4 Å². The molecule has 0 bridgehead atoms. The molecule has 4 heteroatoms. The molecule has 0 saturated carbocycles. The molecule has 0 fully saturated rings. The van der Waals surface area contributed by atoms with Crippen LogP contribution < -0.4 is 14.8 Å². The second kappa shape index (κ2) is 6.19. The Balaban J connectivity index is 2.17. The van der Waals surface area contributed by atoms with Crippen LogP contribution in [0.3, 0.4) is 0 Å². The summed E-state index contributed by atoms with van der Waals surface area (Å²) < 4.78 is 10.6. The second-order valence-electron chi connectivity index (χ2n) is 4.55. The topological polar surface area (TPSA) is 50.7 Å². The summed E-state index contributed by atoms with van der Waals surface area (Å²) in [6.07, 6.45) is 0. The Bertz CT molecular complexity index is 596. The number of methoxy groups -OCH3 is 2. The fraction of sp³-hybridized carbons (Fsp3) is 0.250. The Morgan fingerprint density at radius 1 is 1.05 bits per heavy atom. The number of hydrogen-bond donors (Lipinski definition) is 2. The highest BCUT2D eigenvalue weighted by Crippen LogP contribution is 2.33. The predicted molar refractivity (Wildman–Crippen MR) is 79.7 cm³/mol.